The maximum absolute atomic E-state index is 5.27. The fourth-order valence-electron chi connectivity index (χ4n) is 0.636. The maximum Gasteiger partial charge on any atom is 0.0762 e. The van der Waals surface area contributed by atoms with Gasteiger partial charge in [0.25, 0.3) is 0 Å². The van der Waals surface area contributed by atoms with Crippen molar-refractivity contribution < 1.29 is 0 Å². The van der Waals surface area contributed by atoms with Gasteiger partial charge in [-0.05, 0) is 50.7 Å². The topological polar surface area (TPSA) is 38.0 Å². The summed E-state index contributed by atoms with van der Waals surface area (Å²) in [4.78, 5) is 0. The van der Waals surface area contributed by atoms with Crippen molar-refractivity contribution in [2.24, 2.45) is 5.84 Å². The smallest absolute Gasteiger partial charge is 0.0762 e. The molecule has 2 nitrogen and oxygen atoms in total. The second-order valence-electron chi connectivity index (χ2n) is 1.74. The van der Waals surface area contributed by atoms with Crippen molar-refractivity contribution in [2.75, 3.05) is 5.43 Å². The fraction of sp³-hybridized carbons (Fsp3) is 0. The van der Waals surface area contributed by atoms with Gasteiger partial charge in [0, 0.05) is 8.04 Å². The van der Waals surface area contributed by atoms with Crippen LogP contribution >= 0.6 is 38.5 Å². The van der Waals surface area contributed by atoms with Crippen LogP contribution in [0.2, 0.25) is 0 Å². The van der Waals surface area contributed by atoms with Gasteiger partial charge in [-0.15, -0.1) is 0 Å². The highest BCUT2D eigenvalue weighted by atomic mass is 127. The zero-order valence-corrected chi connectivity index (χ0v) is 8.81. The number of hydrogen-bond donors (Lipinski definition) is 2. The molecule has 1 rings (SSSR count). The van der Waals surface area contributed by atoms with Gasteiger partial charge in [0.2, 0.25) is 0 Å². The molecule has 0 bridgehead atoms. The highest BCUT2D eigenvalue weighted by molar-refractivity contribution is 14.1. The minimum atomic E-state index is 0.933. The van der Waals surface area contributed by atoms with Crippen LogP contribution in [0.25, 0.3) is 0 Å². The Balaban J connectivity index is 3.17. The fourth-order valence-corrected chi connectivity index (χ4v) is 2.14. The van der Waals surface area contributed by atoms with E-state index in [1.54, 1.807) is 0 Å². The van der Waals surface area contributed by atoms with Crippen molar-refractivity contribution in [1.82, 2.24) is 0 Å². The SMILES string of the molecule is NNc1c(Br)cccc1I. The van der Waals surface area contributed by atoms with Crippen LogP contribution in [-0.2, 0) is 0 Å². The number of nitrogens with one attached hydrogen (secondary N) is 1. The van der Waals surface area contributed by atoms with Gasteiger partial charge in [-0.25, -0.2) is 0 Å². The minimum Gasteiger partial charge on any atom is -0.322 e. The number of rotatable bonds is 1. The molecule has 0 aliphatic rings. The second kappa shape index (κ2) is 3.54. The lowest BCUT2D eigenvalue weighted by Crippen LogP contribution is -2.08. The highest BCUT2D eigenvalue weighted by Crippen LogP contribution is 2.26. The molecule has 0 saturated heterocycles. The lowest BCUT2D eigenvalue weighted by atomic mass is 10.3. The van der Waals surface area contributed by atoms with E-state index in [4.69, 9.17) is 5.84 Å². The molecule has 0 radical (unpaired) electrons. The number of hydrogen-bond acceptors (Lipinski definition) is 2. The van der Waals surface area contributed by atoms with Crippen LogP contribution in [0.1, 0.15) is 0 Å². The number of para-hydroxylation sites is 1. The normalized spacial score (nSPS) is 9.50. The Labute approximate surface area is 81.4 Å². The first-order valence-electron chi connectivity index (χ1n) is 2.66. The van der Waals surface area contributed by atoms with Crippen LogP contribution in [0, 0.1) is 3.57 Å². The molecule has 0 fully saturated rings. The average molecular weight is 313 g/mol. The molecule has 0 atom stereocenters. The van der Waals surface area contributed by atoms with Gasteiger partial charge in [-0.3, -0.25) is 5.84 Å². The molecule has 0 saturated carbocycles. The van der Waals surface area contributed by atoms with Crippen molar-refractivity contribution in [3.8, 4) is 0 Å². The summed E-state index contributed by atoms with van der Waals surface area (Å²) >= 11 is 5.57. The lowest BCUT2D eigenvalue weighted by molar-refractivity contribution is 1.33. The Morgan fingerprint density at radius 3 is 2.60 bits per heavy atom. The number of halogens is 2. The van der Waals surface area contributed by atoms with Gasteiger partial charge >= 0.3 is 0 Å². The van der Waals surface area contributed by atoms with Gasteiger partial charge < -0.3 is 5.43 Å². The van der Waals surface area contributed by atoms with E-state index in [0.717, 1.165) is 13.7 Å². The molecule has 0 spiro atoms. The molecule has 0 heterocycles. The van der Waals surface area contributed by atoms with Crippen LogP contribution in [-0.4, -0.2) is 0 Å². The Bertz CT molecular complexity index is 219. The van der Waals surface area contributed by atoms with Gasteiger partial charge in [0.05, 0.1) is 5.69 Å². The molecule has 0 aliphatic heterocycles. The van der Waals surface area contributed by atoms with Crippen LogP contribution in [0.4, 0.5) is 5.69 Å². The van der Waals surface area contributed by atoms with E-state index < -0.39 is 0 Å². The largest absolute Gasteiger partial charge is 0.322 e. The Kier molecular flexibility index (Phi) is 2.94. The summed E-state index contributed by atoms with van der Waals surface area (Å²) in [5, 5.41) is 0. The molecule has 0 aliphatic carbocycles. The third-order valence-corrected chi connectivity index (χ3v) is 2.67. The first kappa shape index (κ1) is 8.29. The van der Waals surface area contributed by atoms with Crippen molar-refractivity contribution >= 4 is 44.2 Å². The molecule has 54 valence electrons. The van der Waals surface area contributed by atoms with Crippen molar-refractivity contribution in [2.45, 2.75) is 0 Å². The first-order chi connectivity index (χ1) is 4.75. The predicted molar refractivity (Wildman–Crippen MR) is 54.7 cm³/mol. The molecular weight excluding hydrogens is 307 g/mol. The quantitative estimate of drug-likeness (QED) is 0.474. The summed E-state index contributed by atoms with van der Waals surface area (Å²) in [6, 6.07) is 5.89. The van der Waals surface area contributed by atoms with Gasteiger partial charge in [-0.2, -0.15) is 0 Å². The molecule has 1 aromatic rings. The van der Waals surface area contributed by atoms with E-state index in [2.05, 4.69) is 43.9 Å². The van der Waals surface area contributed by atoms with Crippen molar-refractivity contribution in [1.29, 1.82) is 0 Å². The first-order valence-corrected chi connectivity index (χ1v) is 4.53. The minimum absolute atomic E-state index is 0.933. The maximum atomic E-state index is 5.27. The summed E-state index contributed by atoms with van der Waals surface area (Å²) in [6.45, 7) is 0. The number of nitrogens with two attached hydrogens (primary N) is 1. The molecule has 0 amide bonds. The van der Waals surface area contributed by atoms with Crippen LogP contribution < -0.4 is 11.3 Å². The molecular formula is C6H6BrIN2. The third-order valence-electron chi connectivity index (χ3n) is 1.11. The molecule has 0 aromatic heterocycles. The Hall–Kier alpha value is 0.190. The van der Waals surface area contributed by atoms with Gasteiger partial charge in [0.1, 0.15) is 0 Å². The molecule has 10 heavy (non-hydrogen) atoms. The number of hydrazine groups is 1. The summed E-state index contributed by atoms with van der Waals surface area (Å²) in [7, 11) is 0. The van der Waals surface area contributed by atoms with E-state index in [9.17, 15) is 0 Å². The van der Waals surface area contributed by atoms with Crippen LogP contribution in [0.3, 0.4) is 0 Å². The molecule has 1 aromatic carbocycles. The highest BCUT2D eigenvalue weighted by Gasteiger charge is 1.99. The lowest BCUT2D eigenvalue weighted by Gasteiger charge is -2.04. The van der Waals surface area contributed by atoms with Gasteiger partial charge in [0.15, 0.2) is 0 Å². The van der Waals surface area contributed by atoms with E-state index in [0.29, 0.717) is 0 Å². The zero-order valence-electron chi connectivity index (χ0n) is 5.07. The van der Waals surface area contributed by atoms with Gasteiger partial charge in [-0.1, -0.05) is 6.07 Å². The Morgan fingerprint density at radius 1 is 1.50 bits per heavy atom. The predicted octanol–water partition coefficient (Wildman–Crippen LogP) is 2.34. The van der Waals surface area contributed by atoms with E-state index >= 15 is 0 Å². The average Bonchev–Trinajstić information content (AvgIpc) is 1.88. The third kappa shape index (κ3) is 1.62. The number of anilines is 1. The Morgan fingerprint density at radius 2 is 2.20 bits per heavy atom. The van der Waals surface area contributed by atoms with Crippen molar-refractivity contribution in [3.63, 3.8) is 0 Å². The van der Waals surface area contributed by atoms with E-state index in [-0.39, 0.29) is 0 Å². The van der Waals surface area contributed by atoms with E-state index in [1.807, 2.05) is 18.2 Å². The summed E-state index contributed by atoms with van der Waals surface area (Å²) in [5.74, 6) is 5.27. The zero-order chi connectivity index (χ0) is 7.56. The number of nitrogen functional groups attached to an aromatic ring is 1. The van der Waals surface area contributed by atoms with E-state index in [1.165, 1.54) is 0 Å². The van der Waals surface area contributed by atoms with Crippen molar-refractivity contribution in [3.05, 3.63) is 26.2 Å². The molecule has 3 N–H and O–H groups in total. The summed E-state index contributed by atoms with van der Waals surface area (Å²) in [5.41, 5.74) is 3.54. The van der Waals surface area contributed by atoms with Crippen LogP contribution in [0.5, 0.6) is 0 Å². The van der Waals surface area contributed by atoms with Crippen LogP contribution in [0.15, 0.2) is 22.7 Å². The summed E-state index contributed by atoms with van der Waals surface area (Å²) in [6.07, 6.45) is 0. The number of benzene rings is 1. The molecule has 0 unspecified atom stereocenters. The summed E-state index contributed by atoms with van der Waals surface area (Å²) < 4.78 is 2.09. The second-order valence-corrected chi connectivity index (χ2v) is 3.76. The standard InChI is InChI=1S/C6H6BrIN2/c7-4-2-1-3-5(8)6(4)10-9/h1-3,10H,9H2. The molecule has 4 heteroatoms. The monoisotopic (exact) mass is 312 g/mol.